The summed E-state index contributed by atoms with van der Waals surface area (Å²) in [6.45, 7) is 1.70. The van der Waals surface area contributed by atoms with Crippen LogP contribution in [-0.2, 0) is 18.4 Å². The molecule has 0 unspecified atom stereocenters. The van der Waals surface area contributed by atoms with E-state index in [4.69, 9.17) is 0 Å². The summed E-state index contributed by atoms with van der Waals surface area (Å²) < 4.78 is 1.56. The lowest BCUT2D eigenvalue weighted by Crippen LogP contribution is -2.22. The van der Waals surface area contributed by atoms with E-state index in [1.165, 1.54) is 6.92 Å². The van der Waals surface area contributed by atoms with E-state index >= 15 is 0 Å². The van der Waals surface area contributed by atoms with E-state index < -0.39 is 0 Å². The fourth-order valence-electron chi connectivity index (χ4n) is 0.902. The van der Waals surface area contributed by atoms with Crippen LogP contribution in [0, 0.1) is 0 Å². The molecule has 0 aliphatic rings. The van der Waals surface area contributed by atoms with Crippen molar-refractivity contribution in [3.05, 3.63) is 22.1 Å². The molecule has 2 N–H and O–H groups in total. The van der Waals surface area contributed by atoms with Crippen molar-refractivity contribution in [2.24, 2.45) is 7.05 Å². The van der Waals surface area contributed by atoms with Crippen LogP contribution in [0.5, 0.6) is 0 Å². The smallest absolute Gasteiger partial charge is 0.269 e. The molecule has 0 aromatic carbocycles. The first-order chi connectivity index (χ1) is 5.59. The van der Waals surface area contributed by atoms with E-state index in [1.54, 1.807) is 17.9 Å². The van der Waals surface area contributed by atoms with Crippen LogP contribution < -0.4 is 10.9 Å². The Balaban J connectivity index is 2.69. The monoisotopic (exact) mass is 169 g/mol. The normalized spacial score (nSPS) is 9.83. The number of nitrogens with one attached hydrogen (secondary N) is 2. The molecule has 0 spiro atoms. The second-order valence-corrected chi connectivity index (χ2v) is 2.62. The van der Waals surface area contributed by atoms with Crippen molar-refractivity contribution in [2.45, 2.75) is 13.5 Å². The molecule has 1 rings (SSSR count). The van der Waals surface area contributed by atoms with E-state index in [0.717, 1.165) is 0 Å². The Morgan fingerprint density at radius 3 is 2.83 bits per heavy atom. The number of carbonyl (C=O) groups is 1. The predicted octanol–water partition coefficient (Wildman–Crippen LogP) is -0.651. The first kappa shape index (κ1) is 8.58. The molecule has 0 radical (unpaired) electrons. The van der Waals surface area contributed by atoms with E-state index in [0.29, 0.717) is 5.56 Å². The highest BCUT2D eigenvalue weighted by Gasteiger charge is 2.01. The highest BCUT2D eigenvalue weighted by atomic mass is 16.1. The van der Waals surface area contributed by atoms with Gasteiger partial charge in [0.1, 0.15) is 0 Å². The molecule has 0 atom stereocenters. The SMILES string of the molecule is CC(=O)NCc1cn(C)[nH]c1=O. The summed E-state index contributed by atoms with van der Waals surface area (Å²) in [6, 6.07) is 0. The second-order valence-electron chi connectivity index (χ2n) is 2.62. The summed E-state index contributed by atoms with van der Waals surface area (Å²) in [5.41, 5.74) is 0.402. The number of hydrogen-bond donors (Lipinski definition) is 2. The highest BCUT2D eigenvalue weighted by Crippen LogP contribution is 1.87. The number of nitrogens with zero attached hydrogens (tertiary/aromatic N) is 1. The molecule has 1 amide bonds. The van der Waals surface area contributed by atoms with Crippen molar-refractivity contribution in [1.82, 2.24) is 15.1 Å². The maximum Gasteiger partial charge on any atom is 0.269 e. The summed E-state index contributed by atoms with van der Waals surface area (Å²) in [5.74, 6) is -0.141. The third-order valence-corrected chi connectivity index (χ3v) is 1.45. The molecule has 1 aromatic rings. The predicted molar refractivity (Wildman–Crippen MR) is 43.6 cm³/mol. The third-order valence-electron chi connectivity index (χ3n) is 1.45. The number of carbonyl (C=O) groups excluding carboxylic acids is 1. The molecule has 0 fully saturated rings. The van der Waals surface area contributed by atoms with Gasteiger partial charge < -0.3 is 5.32 Å². The van der Waals surface area contributed by atoms with Gasteiger partial charge in [-0.05, 0) is 0 Å². The highest BCUT2D eigenvalue weighted by molar-refractivity contribution is 5.72. The van der Waals surface area contributed by atoms with Gasteiger partial charge >= 0.3 is 0 Å². The maximum atomic E-state index is 11.0. The van der Waals surface area contributed by atoms with Crippen molar-refractivity contribution < 1.29 is 4.79 Å². The second kappa shape index (κ2) is 3.25. The van der Waals surface area contributed by atoms with E-state index in [9.17, 15) is 9.59 Å². The van der Waals surface area contributed by atoms with Crippen LogP contribution in [0.1, 0.15) is 12.5 Å². The van der Waals surface area contributed by atoms with Crippen molar-refractivity contribution in [1.29, 1.82) is 0 Å². The number of rotatable bonds is 2. The van der Waals surface area contributed by atoms with Gasteiger partial charge in [-0.25, -0.2) is 0 Å². The molecule has 5 nitrogen and oxygen atoms in total. The lowest BCUT2D eigenvalue weighted by Gasteiger charge is -1.95. The molecule has 0 saturated heterocycles. The van der Waals surface area contributed by atoms with E-state index in [-0.39, 0.29) is 18.0 Å². The minimum Gasteiger partial charge on any atom is -0.352 e. The molecule has 0 aliphatic carbocycles. The average molecular weight is 169 g/mol. The topological polar surface area (TPSA) is 66.9 Å². The van der Waals surface area contributed by atoms with Crippen LogP contribution in [0.15, 0.2) is 11.0 Å². The van der Waals surface area contributed by atoms with Crippen molar-refractivity contribution in [3.8, 4) is 0 Å². The van der Waals surface area contributed by atoms with Crippen LogP contribution in [-0.4, -0.2) is 15.7 Å². The molecular formula is C7H11N3O2. The van der Waals surface area contributed by atoms with Gasteiger partial charge in [-0.15, -0.1) is 0 Å². The first-order valence-electron chi connectivity index (χ1n) is 3.58. The number of aryl methyl sites for hydroxylation is 1. The minimum atomic E-state index is -0.161. The zero-order valence-corrected chi connectivity index (χ0v) is 7.05. The summed E-state index contributed by atoms with van der Waals surface area (Å²) in [5, 5.41) is 5.08. The third kappa shape index (κ3) is 1.98. The van der Waals surface area contributed by atoms with E-state index in [1.807, 2.05) is 0 Å². The van der Waals surface area contributed by atoms with Gasteiger partial charge in [-0.3, -0.25) is 19.4 Å². The Morgan fingerprint density at radius 2 is 2.42 bits per heavy atom. The Bertz CT molecular complexity index is 337. The molecule has 66 valence electrons. The Hall–Kier alpha value is -1.52. The zero-order chi connectivity index (χ0) is 9.14. The van der Waals surface area contributed by atoms with Gasteiger partial charge in [0, 0.05) is 26.7 Å². The molecule has 1 heterocycles. The maximum absolute atomic E-state index is 11.0. The number of hydrogen-bond acceptors (Lipinski definition) is 2. The number of H-pyrrole nitrogens is 1. The van der Waals surface area contributed by atoms with Gasteiger partial charge in [0.25, 0.3) is 5.56 Å². The lowest BCUT2D eigenvalue weighted by molar-refractivity contribution is -0.119. The zero-order valence-electron chi connectivity index (χ0n) is 7.05. The standard InChI is InChI=1S/C7H11N3O2/c1-5(11)8-3-6-4-10(2)9-7(6)12/h4H,3H2,1-2H3,(H,8,11)(H,9,12). The van der Waals surface area contributed by atoms with Crippen LogP contribution in [0.3, 0.4) is 0 Å². The van der Waals surface area contributed by atoms with Gasteiger partial charge in [0.2, 0.25) is 5.91 Å². The number of aromatic nitrogens is 2. The molecule has 0 saturated carbocycles. The Morgan fingerprint density at radius 1 is 1.75 bits per heavy atom. The van der Waals surface area contributed by atoms with Crippen LogP contribution in [0.4, 0.5) is 0 Å². The van der Waals surface area contributed by atoms with Crippen molar-refractivity contribution in [3.63, 3.8) is 0 Å². The van der Waals surface area contributed by atoms with Crippen LogP contribution in [0.2, 0.25) is 0 Å². The molecule has 12 heavy (non-hydrogen) atoms. The van der Waals surface area contributed by atoms with Gasteiger partial charge in [-0.1, -0.05) is 0 Å². The largest absolute Gasteiger partial charge is 0.352 e. The molecule has 0 aliphatic heterocycles. The first-order valence-corrected chi connectivity index (χ1v) is 3.58. The molecule has 1 aromatic heterocycles. The summed E-state index contributed by atoms with van der Waals surface area (Å²) in [4.78, 5) is 21.5. The fraction of sp³-hybridized carbons (Fsp3) is 0.429. The van der Waals surface area contributed by atoms with Gasteiger partial charge in [0.15, 0.2) is 0 Å². The minimum absolute atomic E-state index is 0.141. The summed E-state index contributed by atoms with van der Waals surface area (Å²) >= 11 is 0. The van der Waals surface area contributed by atoms with Gasteiger partial charge in [-0.2, -0.15) is 0 Å². The Labute approximate surface area is 69.4 Å². The fourth-order valence-corrected chi connectivity index (χ4v) is 0.902. The van der Waals surface area contributed by atoms with E-state index in [2.05, 4.69) is 10.4 Å². The van der Waals surface area contributed by atoms with Crippen LogP contribution >= 0.6 is 0 Å². The lowest BCUT2D eigenvalue weighted by atomic mass is 10.3. The summed E-state index contributed by atoms with van der Waals surface area (Å²) in [6.07, 6.45) is 1.65. The Kier molecular flexibility index (Phi) is 2.32. The number of aromatic amines is 1. The van der Waals surface area contributed by atoms with Crippen molar-refractivity contribution >= 4 is 5.91 Å². The quantitative estimate of drug-likeness (QED) is 0.617. The molecule has 5 heteroatoms. The average Bonchev–Trinajstić information content (AvgIpc) is 2.26. The van der Waals surface area contributed by atoms with Crippen molar-refractivity contribution in [2.75, 3.05) is 0 Å². The van der Waals surface area contributed by atoms with Crippen LogP contribution in [0.25, 0.3) is 0 Å². The summed E-state index contributed by atoms with van der Waals surface area (Å²) in [7, 11) is 1.72. The molecular weight excluding hydrogens is 158 g/mol. The number of amides is 1. The van der Waals surface area contributed by atoms with Gasteiger partial charge in [0.05, 0.1) is 5.56 Å². The molecule has 0 bridgehead atoms.